The van der Waals surface area contributed by atoms with E-state index in [9.17, 15) is 9.59 Å². The van der Waals surface area contributed by atoms with Gasteiger partial charge in [-0.15, -0.1) is 11.3 Å². The Kier molecular flexibility index (Phi) is 6.44. The standard InChI is InChI=1S/C19H26N4O3S2/c1-5-26-17(25)15-12-7-6-11(19(2,3)4)8-13(12)28-16(15)22-14(24)9-27-18-20-10-21-23-18/h10-11H,5-9H2,1-4H3,(H,22,24)(H,20,21,23). The number of thioether (sulfide) groups is 1. The van der Waals surface area contributed by atoms with E-state index in [4.69, 9.17) is 4.74 Å². The number of fused-ring (bicyclic) bond motifs is 1. The molecule has 0 saturated heterocycles. The summed E-state index contributed by atoms with van der Waals surface area (Å²) in [6.45, 7) is 8.87. The van der Waals surface area contributed by atoms with Gasteiger partial charge in [-0.25, -0.2) is 9.78 Å². The normalized spacial score (nSPS) is 16.5. The fraction of sp³-hybridized carbons (Fsp3) is 0.579. The van der Waals surface area contributed by atoms with Crippen LogP contribution in [0.3, 0.4) is 0 Å². The zero-order valence-electron chi connectivity index (χ0n) is 16.6. The van der Waals surface area contributed by atoms with Crippen LogP contribution in [0.5, 0.6) is 0 Å². The molecule has 28 heavy (non-hydrogen) atoms. The second-order valence-electron chi connectivity index (χ2n) is 7.86. The molecule has 0 fully saturated rings. The molecule has 7 nitrogen and oxygen atoms in total. The molecule has 1 aliphatic carbocycles. The number of nitrogens with one attached hydrogen (secondary N) is 2. The molecule has 0 saturated carbocycles. The van der Waals surface area contributed by atoms with Crippen molar-refractivity contribution in [3.63, 3.8) is 0 Å². The van der Waals surface area contributed by atoms with Crippen molar-refractivity contribution in [2.75, 3.05) is 17.7 Å². The highest BCUT2D eigenvalue weighted by Gasteiger charge is 2.34. The number of aromatic nitrogens is 3. The van der Waals surface area contributed by atoms with Crippen molar-refractivity contribution < 1.29 is 14.3 Å². The Morgan fingerprint density at radius 1 is 1.43 bits per heavy atom. The lowest BCUT2D eigenvalue weighted by atomic mass is 9.72. The lowest BCUT2D eigenvalue weighted by molar-refractivity contribution is -0.113. The number of rotatable bonds is 6. The highest BCUT2D eigenvalue weighted by Crippen LogP contribution is 2.44. The highest BCUT2D eigenvalue weighted by molar-refractivity contribution is 7.99. The van der Waals surface area contributed by atoms with Crippen LogP contribution in [-0.4, -0.2) is 39.4 Å². The van der Waals surface area contributed by atoms with Gasteiger partial charge in [0.15, 0.2) is 5.16 Å². The molecule has 1 atom stereocenters. The second-order valence-corrected chi connectivity index (χ2v) is 9.93. The van der Waals surface area contributed by atoms with Gasteiger partial charge in [-0.3, -0.25) is 9.89 Å². The van der Waals surface area contributed by atoms with Gasteiger partial charge in [-0.2, -0.15) is 5.10 Å². The number of carbonyl (C=O) groups is 2. The van der Waals surface area contributed by atoms with Gasteiger partial charge in [0.05, 0.1) is 17.9 Å². The Balaban J connectivity index is 1.80. The summed E-state index contributed by atoms with van der Waals surface area (Å²) in [5.74, 6) is 0.203. The summed E-state index contributed by atoms with van der Waals surface area (Å²) in [6.07, 6.45) is 4.20. The van der Waals surface area contributed by atoms with Crippen molar-refractivity contribution in [1.29, 1.82) is 0 Å². The molecule has 9 heteroatoms. The third kappa shape index (κ3) is 4.75. The number of thiophene rings is 1. The minimum absolute atomic E-state index is 0.182. The summed E-state index contributed by atoms with van der Waals surface area (Å²) in [5.41, 5.74) is 1.79. The zero-order chi connectivity index (χ0) is 20.3. The van der Waals surface area contributed by atoms with Crippen molar-refractivity contribution in [2.24, 2.45) is 11.3 Å². The zero-order valence-corrected chi connectivity index (χ0v) is 18.3. The lowest BCUT2D eigenvalue weighted by Crippen LogP contribution is -2.26. The van der Waals surface area contributed by atoms with Gasteiger partial charge in [0.1, 0.15) is 11.3 Å². The van der Waals surface area contributed by atoms with Crippen LogP contribution in [0.2, 0.25) is 0 Å². The Morgan fingerprint density at radius 2 is 2.21 bits per heavy atom. The number of anilines is 1. The van der Waals surface area contributed by atoms with Crippen LogP contribution in [-0.2, 0) is 22.4 Å². The molecule has 1 amide bonds. The van der Waals surface area contributed by atoms with Gasteiger partial charge in [-0.1, -0.05) is 32.5 Å². The lowest BCUT2D eigenvalue weighted by Gasteiger charge is -2.33. The molecular weight excluding hydrogens is 396 g/mol. The average molecular weight is 423 g/mol. The molecule has 2 aromatic rings. The number of nitrogens with zero attached hydrogens (tertiary/aromatic N) is 2. The minimum Gasteiger partial charge on any atom is -0.462 e. The summed E-state index contributed by atoms with van der Waals surface area (Å²) in [4.78, 5) is 30.2. The number of hydrogen-bond donors (Lipinski definition) is 2. The van der Waals surface area contributed by atoms with Gasteiger partial charge < -0.3 is 10.1 Å². The van der Waals surface area contributed by atoms with Crippen molar-refractivity contribution in [3.8, 4) is 0 Å². The van der Waals surface area contributed by atoms with E-state index in [2.05, 4.69) is 41.3 Å². The van der Waals surface area contributed by atoms with E-state index in [-0.39, 0.29) is 23.0 Å². The van der Waals surface area contributed by atoms with E-state index in [1.165, 1.54) is 34.3 Å². The smallest absolute Gasteiger partial charge is 0.341 e. The molecule has 152 valence electrons. The second kappa shape index (κ2) is 8.65. The maximum atomic E-state index is 12.6. The van der Waals surface area contributed by atoms with Crippen molar-refractivity contribution in [2.45, 2.75) is 52.1 Å². The van der Waals surface area contributed by atoms with Crippen LogP contribution in [0.1, 0.15) is 54.9 Å². The number of H-pyrrole nitrogens is 1. The number of ether oxygens (including phenoxy) is 1. The molecule has 2 aromatic heterocycles. The first kappa shape index (κ1) is 20.9. The van der Waals surface area contributed by atoms with Crippen LogP contribution in [0.25, 0.3) is 0 Å². The Bertz CT molecular complexity index is 840. The van der Waals surface area contributed by atoms with E-state index >= 15 is 0 Å². The van der Waals surface area contributed by atoms with Crippen molar-refractivity contribution >= 4 is 40.0 Å². The first-order valence-corrected chi connectivity index (χ1v) is 11.2. The Morgan fingerprint density at radius 3 is 2.86 bits per heavy atom. The van der Waals surface area contributed by atoms with Gasteiger partial charge >= 0.3 is 5.97 Å². The molecule has 0 radical (unpaired) electrons. The molecular formula is C19H26N4O3S2. The number of aromatic amines is 1. The van der Waals surface area contributed by atoms with E-state index in [0.717, 1.165) is 24.8 Å². The molecule has 0 aliphatic heterocycles. The van der Waals surface area contributed by atoms with Crippen LogP contribution in [0, 0.1) is 11.3 Å². The van der Waals surface area contributed by atoms with E-state index in [1.54, 1.807) is 6.92 Å². The highest BCUT2D eigenvalue weighted by atomic mass is 32.2. The number of esters is 1. The van der Waals surface area contributed by atoms with Gasteiger partial charge in [-0.05, 0) is 43.1 Å². The van der Waals surface area contributed by atoms with E-state index < -0.39 is 0 Å². The molecule has 3 rings (SSSR count). The molecule has 1 unspecified atom stereocenters. The van der Waals surface area contributed by atoms with Crippen molar-refractivity contribution in [3.05, 3.63) is 22.3 Å². The monoisotopic (exact) mass is 422 g/mol. The maximum Gasteiger partial charge on any atom is 0.341 e. The first-order valence-electron chi connectivity index (χ1n) is 9.39. The number of carbonyl (C=O) groups excluding carboxylic acids is 2. The topological polar surface area (TPSA) is 97.0 Å². The first-order chi connectivity index (χ1) is 13.3. The summed E-state index contributed by atoms with van der Waals surface area (Å²) < 4.78 is 5.28. The molecule has 1 aliphatic rings. The fourth-order valence-electron chi connectivity index (χ4n) is 3.39. The predicted molar refractivity (Wildman–Crippen MR) is 111 cm³/mol. The predicted octanol–water partition coefficient (Wildman–Crippen LogP) is 3.92. The van der Waals surface area contributed by atoms with E-state index in [1.807, 2.05) is 0 Å². The molecule has 0 bridgehead atoms. The van der Waals surface area contributed by atoms with Gasteiger partial charge in [0.25, 0.3) is 0 Å². The number of hydrogen-bond acceptors (Lipinski definition) is 7. The number of amides is 1. The van der Waals surface area contributed by atoms with Crippen LogP contribution in [0.4, 0.5) is 5.00 Å². The fourth-order valence-corrected chi connectivity index (χ4v) is 5.30. The van der Waals surface area contributed by atoms with Crippen LogP contribution in [0.15, 0.2) is 11.5 Å². The maximum absolute atomic E-state index is 12.6. The van der Waals surface area contributed by atoms with E-state index in [0.29, 0.717) is 28.2 Å². The Labute approximate surface area is 173 Å². The molecule has 2 N–H and O–H groups in total. The SMILES string of the molecule is CCOC(=O)c1c(NC(=O)CSc2ncn[nH]2)sc2c1CCC(C(C)(C)C)C2. The van der Waals surface area contributed by atoms with Crippen LogP contribution >= 0.6 is 23.1 Å². The molecule has 2 heterocycles. The summed E-state index contributed by atoms with van der Waals surface area (Å²) >= 11 is 2.77. The van der Waals surface area contributed by atoms with Gasteiger partial charge in [0.2, 0.25) is 5.91 Å². The van der Waals surface area contributed by atoms with Crippen molar-refractivity contribution in [1.82, 2.24) is 15.2 Å². The summed E-state index contributed by atoms with van der Waals surface area (Å²) in [7, 11) is 0. The molecule has 0 aromatic carbocycles. The minimum atomic E-state index is -0.354. The largest absolute Gasteiger partial charge is 0.462 e. The summed E-state index contributed by atoms with van der Waals surface area (Å²) in [6, 6.07) is 0. The quantitative estimate of drug-likeness (QED) is 0.541. The van der Waals surface area contributed by atoms with Crippen LogP contribution < -0.4 is 5.32 Å². The van der Waals surface area contributed by atoms with Gasteiger partial charge in [0, 0.05) is 4.88 Å². The third-order valence-electron chi connectivity index (χ3n) is 4.96. The summed E-state index contributed by atoms with van der Waals surface area (Å²) in [5, 5.41) is 10.6. The average Bonchev–Trinajstić information content (AvgIpc) is 3.26. The molecule has 0 spiro atoms. The Hall–Kier alpha value is -1.87. The third-order valence-corrected chi connectivity index (χ3v) is 7.00.